The Morgan fingerprint density at radius 3 is 2.78 bits per heavy atom. The van der Waals surface area contributed by atoms with Gasteiger partial charge in [0, 0.05) is 19.8 Å². The van der Waals surface area contributed by atoms with Crippen LogP contribution in [-0.4, -0.2) is 33.0 Å². The molecule has 5 heteroatoms. The molecule has 1 aromatic carbocycles. The zero-order valence-electron chi connectivity index (χ0n) is 10.6. The number of nitrogens with one attached hydrogen (secondary N) is 1. The maximum Gasteiger partial charge on any atom is 0.251 e. The zero-order chi connectivity index (χ0) is 13.0. The molecule has 1 amide bonds. The number of carbonyl (C=O) groups excluding carboxylic acids is 1. The van der Waals surface area contributed by atoms with E-state index in [4.69, 9.17) is 14.2 Å². The molecule has 1 aromatic rings. The van der Waals surface area contributed by atoms with Crippen LogP contribution < -0.4 is 5.32 Å². The molecule has 0 radical (unpaired) electrons. The number of carbonyl (C=O) groups is 1. The van der Waals surface area contributed by atoms with E-state index in [2.05, 4.69) is 5.32 Å². The monoisotopic (exact) mass is 251 g/mol. The molecule has 0 unspecified atom stereocenters. The second kappa shape index (κ2) is 5.95. The molecule has 0 bridgehead atoms. The summed E-state index contributed by atoms with van der Waals surface area (Å²) in [7, 11) is 3.07. The van der Waals surface area contributed by atoms with Crippen molar-refractivity contribution in [3.63, 3.8) is 0 Å². The maximum atomic E-state index is 11.9. The summed E-state index contributed by atoms with van der Waals surface area (Å²) < 4.78 is 15.3. The van der Waals surface area contributed by atoms with Gasteiger partial charge in [0.25, 0.3) is 5.91 Å². The number of ether oxygens (including phenoxy) is 3. The molecular weight excluding hydrogens is 234 g/mol. The lowest BCUT2D eigenvalue weighted by Crippen LogP contribution is -2.34. The van der Waals surface area contributed by atoms with Crippen LogP contribution in [-0.2, 0) is 27.4 Å². The minimum atomic E-state index is -0.424. The molecule has 0 spiro atoms. The van der Waals surface area contributed by atoms with Crippen molar-refractivity contribution in [3.8, 4) is 0 Å². The maximum absolute atomic E-state index is 11.9. The summed E-state index contributed by atoms with van der Waals surface area (Å²) in [6, 6.07) is 5.60. The van der Waals surface area contributed by atoms with Gasteiger partial charge in [0.05, 0.1) is 19.8 Å². The van der Waals surface area contributed by atoms with Gasteiger partial charge in [-0.05, 0) is 23.3 Å². The highest BCUT2D eigenvalue weighted by Gasteiger charge is 2.15. The first-order valence-corrected chi connectivity index (χ1v) is 5.78. The van der Waals surface area contributed by atoms with Crippen molar-refractivity contribution in [2.75, 3.05) is 20.8 Å². The standard InChI is InChI=1S/C13H17NO4/c1-16-12(17-2)6-14-13(15)9-3-4-10-7-18-8-11(10)5-9/h3-5,12H,6-8H2,1-2H3,(H,14,15). The molecule has 0 aromatic heterocycles. The summed E-state index contributed by atoms with van der Waals surface area (Å²) in [6.07, 6.45) is -0.424. The van der Waals surface area contributed by atoms with Crippen molar-refractivity contribution in [2.24, 2.45) is 0 Å². The minimum Gasteiger partial charge on any atom is -0.372 e. The first kappa shape index (κ1) is 13.0. The van der Waals surface area contributed by atoms with Crippen LogP contribution in [0.4, 0.5) is 0 Å². The van der Waals surface area contributed by atoms with Gasteiger partial charge in [0.15, 0.2) is 6.29 Å². The molecule has 5 nitrogen and oxygen atoms in total. The largest absolute Gasteiger partial charge is 0.372 e. The Labute approximate surface area is 106 Å². The second-order valence-electron chi connectivity index (χ2n) is 4.09. The van der Waals surface area contributed by atoms with Crippen LogP contribution in [0.1, 0.15) is 21.5 Å². The van der Waals surface area contributed by atoms with Crippen LogP contribution in [0.25, 0.3) is 0 Å². The molecule has 0 aliphatic carbocycles. The Hall–Kier alpha value is -1.43. The van der Waals surface area contributed by atoms with Gasteiger partial charge in [-0.3, -0.25) is 4.79 Å². The predicted molar refractivity (Wildman–Crippen MR) is 65.1 cm³/mol. The third-order valence-electron chi connectivity index (χ3n) is 2.94. The van der Waals surface area contributed by atoms with Crippen molar-refractivity contribution in [3.05, 3.63) is 34.9 Å². The van der Waals surface area contributed by atoms with E-state index in [0.717, 1.165) is 11.1 Å². The van der Waals surface area contributed by atoms with Crippen LogP contribution in [0.5, 0.6) is 0 Å². The van der Waals surface area contributed by atoms with Crippen molar-refractivity contribution < 1.29 is 19.0 Å². The van der Waals surface area contributed by atoms with E-state index in [9.17, 15) is 4.79 Å². The van der Waals surface area contributed by atoms with Gasteiger partial charge in [-0.1, -0.05) is 6.07 Å². The first-order chi connectivity index (χ1) is 8.74. The smallest absolute Gasteiger partial charge is 0.251 e. The van der Waals surface area contributed by atoms with Gasteiger partial charge >= 0.3 is 0 Å². The summed E-state index contributed by atoms with van der Waals surface area (Å²) in [5.74, 6) is -0.135. The average molecular weight is 251 g/mol. The molecule has 1 N–H and O–H groups in total. The van der Waals surface area contributed by atoms with Crippen LogP contribution in [0.3, 0.4) is 0 Å². The fourth-order valence-electron chi connectivity index (χ4n) is 1.85. The number of benzene rings is 1. The highest BCUT2D eigenvalue weighted by molar-refractivity contribution is 5.94. The summed E-state index contributed by atoms with van der Waals surface area (Å²) in [5, 5.41) is 2.76. The summed E-state index contributed by atoms with van der Waals surface area (Å²) >= 11 is 0. The fourth-order valence-corrected chi connectivity index (χ4v) is 1.85. The molecule has 0 saturated carbocycles. The molecule has 0 atom stereocenters. The molecule has 1 aliphatic rings. The van der Waals surface area contributed by atoms with E-state index < -0.39 is 6.29 Å². The normalized spacial score (nSPS) is 13.7. The third-order valence-corrected chi connectivity index (χ3v) is 2.94. The van der Waals surface area contributed by atoms with Gasteiger partial charge in [-0.15, -0.1) is 0 Å². The van der Waals surface area contributed by atoms with Crippen LogP contribution in [0, 0.1) is 0 Å². The SMILES string of the molecule is COC(CNC(=O)c1ccc2c(c1)COC2)OC. The Morgan fingerprint density at radius 1 is 1.33 bits per heavy atom. The Bertz CT molecular complexity index is 429. The van der Waals surface area contributed by atoms with E-state index in [1.807, 2.05) is 12.1 Å². The van der Waals surface area contributed by atoms with Crippen molar-refractivity contribution in [1.82, 2.24) is 5.32 Å². The lowest BCUT2D eigenvalue weighted by Gasteiger charge is -2.14. The molecule has 1 aliphatic heterocycles. The van der Waals surface area contributed by atoms with Gasteiger partial charge in [0.2, 0.25) is 0 Å². The quantitative estimate of drug-likeness (QED) is 0.795. The van der Waals surface area contributed by atoms with Crippen LogP contribution in [0.15, 0.2) is 18.2 Å². The number of fused-ring (bicyclic) bond motifs is 1. The Balaban J connectivity index is 1.97. The van der Waals surface area contributed by atoms with Gasteiger partial charge in [0.1, 0.15) is 0 Å². The Morgan fingerprint density at radius 2 is 2.06 bits per heavy atom. The van der Waals surface area contributed by atoms with E-state index in [1.165, 1.54) is 14.2 Å². The Kier molecular flexibility index (Phi) is 4.30. The average Bonchev–Trinajstić information content (AvgIpc) is 2.86. The number of rotatable bonds is 5. The highest BCUT2D eigenvalue weighted by atomic mass is 16.7. The van der Waals surface area contributed by atoms with E-state index in [-0.39, 0.29) is 5.91 Å². The molecule has 18 heavy (non-hydrogen) atoms. The predicted octanol–water partition coefficient (Wildman–Crippen LogP) is 1.07. The molecule has 1 heterocycles. The first-order valence-electron chi connectivity index (χ1n) is 5.78. The summed E-state index contributed by atoms with van der Waals surface area (Å²) in [6.45, 7) is 1.53. The van der Waals surface area contributed by atoms with E-state index >= 15 is 0 Å². The van der Waals surface area contributed by atoms with E-state index in [1.54, 1.807) is 6.07 Å². The molecule has 0 saturated heterocycles. The van der Waals surface area contributed by atoms with Crippen molar-refractivity contribution in [1.29, 1.82) is 0 Å². The number of hydrogen-bond acceptors (Lipinski definition) is 4. The molecule has 0 fully saturated rings. The van der Waals surface area contributed by atoms with Crippen molar-refractivity contribution >= 4 is 5.91 Å². The van der Waals surface area contributed by atoms with Crippen molar-refractivity contribution in [2.45, 2.75) is 19.5 Å². The second-order valence-corrected chi connectivity index (χ2v) is 4.09. The topological polar surface area (TPSA) is 56.8 Å². The molecular formula is C13H17NO4. The van der Waals surface area contributed by atoms with Crippen LogP contribution in [0.2, 0.25) is 0 Å². The molecule has 2 rings (SSSR count). The lowest BCUT2D eigenvalue weighted by molar-refractivity contribution is -0.0974. The lowest BCUT2D eigenvalue weighted by atomic mass is 10.1. The number of hydrogen-bond donors (Lipinski definition) is 1. The van der Waals surface area contributed by atoms with Crippen LogP contribution >= 0.6 is 0 Å². The van der Waals surface area contributed by atoms with Gasteiger partial charge < -0.3 is 19.5 Å². The molecule has 98 valence electrons. The highest BCUT2D eigenvalue weighted by Crippen LogP contribution is 2.20. The third kappa shape index (κ3) is 2.87. The van der Waals surface area contributed by atoms with Gasteiger partial charge in [-0.25, -0.2) is 0 Å². The summed E-state index contributed by atoms with van der Waals surface area (Å²) in [5.41, 5.74) is 2.86. The minimum absolute atomic E-state index is 0.135. The fraction of sp³-hybridized carbons (Fsp3) is 0.462. The zero-order valence-corrected chi connectivity index (χ0v) is 10.6. The number of methoxy groups -OCH3 is 2. The number of amides is 1. The van der Waals surface area contributed by atoms with Gasteiger partial charge in [-0.2, -0.15) is 0 Å². The van der Waals surface area contributed by atoms with E-state index in [0.29, 0.717) is 25.3 Å². The summed E-state index contributed by atoms with van der Waals surface area (Å²) in [4.78, 5) is 11.9.